The fourth-order valence-corrected chi connectivity index (χ4v) is 3.00. The minimum atomic E-state index is -1.06. The second kappa shape index (κ2) is 6.64. The molecule has 27 heavy (non-hydrogen) atoms. The number of carbonyl (C=O) groups excluding carboxylic acids is 2. The molecule has 6 nitrogen and oxygen atoms in total. The maximum Gasteiger partial charge on any atom is 0.251 e. The van der Waals surface area contributed by atoms with Crippen molar-refractivity contribution in [3.05, 3.63) is 66.4 Å². The number of fused-ring (bicyclic) bond motifs is 1. The summed E-state index contributed by atoms with van der Waals surface area (Å²) in [5.74, 6) is -2.40. The number of benzene rings is 2. The minimum absolute atomic E-state index is 0.114. The van der Waals surface area contributed by atoms with Crippen molar-refractivity contribution in [2.24, 2.45) is 0 Å². The predicted octanol–water partition coefficient (Wildman–Crippen LogP) is 3.35. The highest BCUT2D eigenvalue weighted by atomic mass is 19.2. The van der Waals surface area contributed by atoms with E-state index < -0.39 is 23.6 Å². The van der Waals surface area contributed by atoms with Crippen LogP contribution in [-0.2, 0) is 9.59 Å². The number of rotatable bonds is 4. The summed E-state index contributed by atoms with van der Waals surface area (Å²) in [5, 5.41) is 9.45. The van der Waals surface area contributed by atoms with Crippen LogP contribution >= 0.6 is 0 Å². The molecule has 0 aliphatic carbocycles. The van der Waals surface area contributed by atoms with Crippen molar-refractivity contribution in [3.8, 4) is 11.1 Å². The lowest BCUT2D eigenvalue weighted by Gasteiger charge is -2.10. The molecule has 1 aliphatic heterocycles. The van der Waals surface area contributed by atoms with Gasteiger partial charge in [0.05, 0.1) is 12.6 Å². The highest BCUT2D eigenvalue weighted by Gasteiger charge is 2.35. The smallest absolute Gasteiger partial charge is 0.251 e. The molecule has 1 unspecified atom stereocenters. The molecule has 0 saturated carbocycles. The van der Waals surface area contributed by atoms with Crippen LogP contribution in [-0.4, -0.2) is 21.6 Å². The number of aromatic nitrogens is 2. The van der Waals surface area contributed by atoms with Crippen LogP contribution in [0.5, 0.6) is 0 Å². The van der Waals surface area contributed by atoms with Gasteiger partial charge >= 0.3 is 0 Å². The summed E-state index contributed by atoms with van der Waals surface area (Å²) in [6.07, 6.45) is 1.44. The normalized spacial score (nSPS) is 15.3. The molecule has 1 aliphatic rings. The van der Waals surface area contributed by atoms with E-state index in [9.17, 15) is 18.4 Å². The molecule has 0 spiro atoms. The Bertz CT molecular complexity index is 1030. The standard InChI is InChI=1S/C19H14F2N4O2/c20-14-7-6-12(8-15(14)21)23-17(26)9-16-19(27)24-18-13(10-22-25(16)18)11-4-2-1-3-5-11/h1-8,10,16H,9H2,(H,23,26)(H,24,27). The van der Waals surface area contributed by atoms with Crippen molar-refractivity contribution >= 4 is 23.3 Å². The van der Waals surface area contributed by atoms with Crippen LogP contribution in [0.1, 0.15) is 12.5 Å². The molecular formula is C19H14F2N4O2. The third-order valence-corrected chi connectivity index (χ3v) is 4.30. The van der Waals surface area contributed by atoms with Crippen LogP contribution < -0.4 is 10.6 Å². The SMILES string of the molecule is O=C(CC1C(=O)Nc2c(-c3ccccc3)cnn21)Nc1ccc(F)c(F)c1. The topological polar surface area (TPSA) is 76.0 Å². The Morgan fingerprint density at radius 1 is 1.15 bits per heavy atom. The highest BCUT2D eigenvalue weighted by molar-refractivity contribution is 6.04. The molecule has 1 atom stereocenters. The van der Waals surface area contributed by atoms with E-state index in [1.807, 2.05) is 30.3 Å². The predicted molar refractivity (Wildman–Crippen MR) is 94.9 cm³/mol. The number of nitrogens with zero attached hydrogens (tertiary/aromatic N) is 2. The Kier molecular flexibility index (Phi) is 4.15. The zero-order chi connectivity index (χ0) is 19.0. The summed E-state index contributed by atoms with van der Waals surface area (Å²) in [6, 6.07) is 11.7. The number of amides is 2. The van der Waals surface area contributed by atoms with E-state index in [1.165, 1.54) is 10.7 Å². The molecule has 0 fully saturated rings. The van der Waals surface area contributed by atoms with E-state index >= 15 is 0 Å². The van der Waals surface area contributed by atoms with Crippen molar-refractivity contribution in [1.29, 1.82) is 0 Å². The highest BCUT2D eigenvalue weighted by Crippen LogP contribution is 2.35. The van der Waals surface area contributed by atoms with Crippen LogP contribution in [0.25, 0.3) is 11.1 Å². The fourth-order valence-electron chi connectivity index (χ4n) is 3.00. The van der Waals surface area contributed by atoms with Gasteiger partial charge in [0.2, 0.25) is 5.91 Å². The molecule has 3 aromatic rings. The largest absolute Gasteiger partial charge is 0.326 e. The first-order valence-electron chi connectivity index (χ1n) is 8.21. The van der Waals surface area contributed by atoms with Crippen molar-refractivity contribution in [2.45, 2.75) is 12.5 Å². The van der Waals surface area contributed by atoms with Gasteiger partial charge < -0.3 is 10.6 Å². The quantitative estimate of drug-likeness (QED) is 0.742. The molecule has 0 radical (unpaired) electrons. The molecule has 0 bridgehead atoms. The Morgan fingerprint density at radius 2 is 1.93 bits per heavy atom. The van der Waals surface area contributed by atoms with Crippen LogP contribution in [0.15, 0.2) is 54.7 Å². The number of halogens is 2. The third-order valence-electron chi connectivity index (χ3n) is 4.30. The van der Waals surface area contributed by atoms with Crippen LogP contribution in [0.2, 0.25) is 0 Å². The summed E-state index contributed by atoms with van der Waals surface area (Å²) in [7, 11) is 0. The van der Waals surface area contributed by atoms with Crippen molar-refractivity contribution in [3.63, 3.8) is 0 Å². The van der Waals surface area contributed by atoms with Crippen molar-refractivity contribution in [1.82, 2.24) is 9.78 Å². The summed E-state index contributed by atoms with van der Waals surface area (Å²) in [4.78, 5) is 24.5. The molecular weight excluding hydrogens is 354 g/mol. The average molecular weight is 368 g/mol. The monoisotopic (exact) mass is 368 g/mol. The molecule has 8 heteroatoms. The Balaban J connectivity index is 1.52. The number of hydrogen-bond acceptors (Lipinski definition) is 3. The van der Waals surface area contributed by atoms with E-state index in [0.717, 1.165) is 23.3 Å². The number of nitrogens with one attached hydrogen (secondary N) is 2. The zero-order valence-corrected chi connectivity index (χ0v) is 13.9. The second-order valence-electron chi connectivity index (χ2n) is 6.10. The van der Waals surface area contributed by atoms with Crippen molar-refractivity contribution in [2.75, 3.05) is 10.6 Å². The first-order valence-corrected chi connectivity index (χ1v) is 8.21. The first kappa shape index (κ1) is 16.9. The van der Waals surface area contributed by atoms with Gasteiger partial charge in [-0.05, 0) is 17.7 Å². The van der Waals surface area contributed by atoms with Gasteiger partial charge in [-0.1, -0.05) is 30.3 Å². The van der Waals surface area contributed by atoms with Crippen LogP contribution in [0, 0.1) is 11.6 Å². The molecule has 4 rings (SSSR count). The molecule has 2 N–H and O–H groups in total. The van der Waals surface area contributed by atoms with Gasteiger partial charge in [-0.3, -0.25) is 9.59 Å². The Morgan fingerprint density at radius 3 is 2.67 bits per heavy atom. The van der Waals surface area contributed by atoms with Crippen LogP contribution in [0.4, 0.5) is 20.3 Å². The van der Waals surface area contributed by atoms with Gasteiger partial charge in [0.15, 0.2) is 11.6 Å². The van der Waals surface area contributed by atoms with Gasteiger partial charge in [-0.15, -0.1) is 0 Å². The number of hydrogen-bond donors (Lipinski definition) is 2. The van der Waals surface area contributed by atoms with Gasteiger partial charge in [0.25, 0.3) is 5.91 Å². The Hall–Kier alpha value is -3.55. The lowest BCUT2D eigenvalue weighted by atomic mass is 10.1. The van der Waals surface area contributed by atoms with E-state index in [-0.39, 0.29) is 18.0 Å². The number of anilines is 2. The average Bonchev–Trinajstić information content (AvgIpc) is 3.19. The minimum Gasteiger partial charge on any atom is -0.326 e. The summed E-state index contributed by atoms with van der Waals surface area (Å²) < 4.78 is 27.7. The molecule has 2 amide bonds. The van der Waals surface area contributed by atoms with E-state index in [1.54, 1.807) is 6.20 Å². The molecule has 2 heterocycles. The van der Waals surface area contributed by atoms with Crippen LogP contribution in [0.3, 0.4) is 0 Å². The maximum absolute atomic E-state index is 13.3. The number of carbonyl (C=O) groups is 2. The molecule has 136 valence electrons. The molecule has 2 aromatic carbocycles. The van der Waals surface area contributed by atoms with E-state index in [0.29, 0.717) is 5.82 Å². The third kappa shape index (κ3) is 3.17. The lowest BCUT2D eigenvalue weighted by molar-refractivity contribution is -0.123. The lowest BCUT2D eigenvalue weighted by Crippen LogP contribution is -2.23. The summed E-state index contributed by atoms with van der Waals surface area (Å²) >= 11 is 0. The molecule has 0 saturated heterocycles. The van der Waals surface area contributed by atoms with Gasteiger partial charge in [0.1, 0.15) is 11.9 Å². The fraction of sp³-hybridized carbons (Fsp3) is 0.105. The Labute approximate surface area is 152 Å². The maximum atomic E-state index is 13.3. The van der Waals surface area contributed by atoms with Crippen molar-refractivity contribution < 1.29 is 18.4 Å². The summed E-state index contributed by atoms with van der Waals surface area (Å²) in [6.45, 7) is 0. The van der Waals surface area contributed by atoms with Gasteiger partial charge in [0, 0.05) is 17.3 Å². The summed E-state index contributed by atoms with van der Waals surface area (Å²) in [5.41, 5.74) is 1.77. The van der Waals surface area contributed by atoms with E-state index in [4.69, 9.17) is 0 Å². The van der Waals surface area contributed by atoms with Gasteiger partial charge in [-0.2, -0.15) is 5.10 Å². The van der Waals surface area contributed by atoms with E-state index in [2.05, 4.69) is 15.7 Å². The first-order chi connectivity index (χ1) is 13.0. The zero-order valence-electron chi connectivity index (χ0n) is 13.9. The molecule has 1 aromatic heterocycles. The second-order valence-corrected chi connectivity index (χ2v) is 6.10. The van der Waals surface area contributed by atoms with Gasteiger partial charge in [-0.25, -0.2) is 13.5 Å².